The summed E-state index contributed by atoms with van der Waals surface area (Å²) in [5.74, 6) is 0.311. The number of aryl methyl sites for hydroxylation is 1. The molecule has 4 rings (SSSR count). The lowest BCUT2D eigenvalue weighted by Crippen LogP contribution is -2.39. The molecule has 0 aliphatic carbocycles. The molecule has 0 radical (unpaired) electrons. The molecule has 1 saturated heterocycles. The fraction of sp³-hybridized carbons (Fsp3) is 0.318. The molecule has 29 heavy (non-hydrogen) atoms. The number of nitrogens with zero attached hydrogens (tertiary/aromatic N) is 3. The van der Waals surface area contributed by atoms with E-state index in [0.29, 0.717) is 24.7 Å². The van der Waals surface area contributed by atoms with E-state index in [1.807, 2.05) is 36.4 Å². The molecule has 1 aliphatic heterocycles. The zero-order chi connectivity index (χ0) is 20.2. The molecule has 7 heteroatoms. The molecule has 1 aliphatic rings. The van der Waals surface area contributed by atoms with Gasteiger partial charge in [-0.2, -0.15) is 5.10 Å². The lowest BCUT2D eigenvalue weighted by molar-refractivity contribution is 0.0695. The van der Waals surface area contributed by atoms with Crippen LogP contribution in [0.15, 0.2) is 59.7 Å². The number of piperidine rings is 1. The third kappa shape index (κ3) is 4.08. The van der Waals surface area contributed by atoms with E-state index in [1.165, 1.54) is 6.07 Å². The van der Waals surface area contributed by atoms with Crippen LogP contribution in [0.25, 0.3) is 0 Å². The predicted molar refractivity (Wildman–Crippen MR) is 109 cm³/mol. The minimum Gasteiger partial charge on any atom is -0.483 e. The van der Waals surface area contributed by atoms with E-state index in [2.05, 4.69) is 10.2 Å². The molecule has 1 fully saturated rings. The topological polar surface area (TPSA) is 80.2 Å². The average molecular weight is 392 g/mol. The quantitative estimate of drug-likeness (QED) is 0.724. The molecule has 7 nitrogen and oxygen atoms in total. The largest absolute Gasteiger partial charge is 0.483 e. The van der Waals surface area contributed by atoms with Crippen LogP contribution in [0.5, 0.6) is 5.75 Å². The Balaban J connectivity index is 1.52. The molecule has 3 aromatic rings. The molecule has 1 amide bonds. The first-order valence-corrected chi connectivity index (χ1v) is 9.78. The van der Waals surface area contributed by atoms with Crippen LogP contribution in [0.1, 0.15) is 40.5 Å². The summed E-state index contributed by atoms with van der Waals surface area (Å²) in [6.07, 6.45) is 5.08. The van der Waals surface area contributed by atoms with Gasteiger partial charge in [-0.3, -0.25) is 14.7 Å². The number of hydrogen-bond donors (Lipinski definition) is 1. The number of amides is 1. The van der Waals surface area contributed by atoms with Crippen molar-refractivity contribution in [2.24, 2.45) is 7.05 Å². The Morgan fingerprint density at radius 1 is 1.17 bits per heavy atom. The molecular weight excluding hydrogens is 368 g/mol. The summed E-state index contributed by atoms with van der Waals surface area (Å²) in [6, 6.07) is 13.0. The van der Waals surface area contributed by atoms with E-state index in [-0.39, 0.29) is 23.7 Å². The number of H-pyrrole nitrogens is 1. The lowest BCUT2D eigenvalue weighted by atomic mass is 9.93. The van der Waals surface area contributed by atoms with Crippen molar-refractivity contribution in [3.8, 4) is 5.75 Å². The Bertz CT molecular complexity index is 1020. The van der Waals surface area contributed by atoms with Crippen LogP contribution in [0.3, 0.4) is 0 Å². The third-order valence-corrected chi connectivity index (χ3v) is 5.41. The van der Waals surface area contributed by atoms with Crippen molar-refractivity contribution in [3.05, 3.63) is 82.0 Å². The first kappa shape index (κ1) is 19.0. The summed E-state index contributed by atoms with van der Waals surface area (Å²) < 4.78 is 7.50. The highest BCUT2D eigenvalue weighted by molar-refractivity contribution is 5.95. The minimum absolute atomic E-state index is 0.111. The number of aromatic amines is 1. The van der Waals surface area contributed by atoms with Crippen molar-refractivity contribution in [1.82, 2.24) is 19.7 Å². The van der Waals surface area contributed by atoms with Crippen LogP contribution in [0, 0.1) is 0 Å². The Hall–Kier alpha value is -3.35. The maximum absolute atomic E-state index is 13.3. The van der Waals surface area contributed by atoms with Crippen molar-refractivity contribution in [2.45, 2.75) is 25.4 Å². The Morgan fingerprint density at radius 2 is 1.93 bits per heavy atom. The van der Waals surface area contributed by atoms with Gasteiger partial charge in [-0.15, -0.1) is 0 Å². The van der Waals surface area contributed by atoms with Gasteiger partial charge in [-0.25, -0.2) is 0 Å². The number of benzene rings is 1. The van der Waals surface area contributed by atoms with Crippen molar-refractivity contribution < 1.29 is 9.53 Å². The van der Waals surface area contributed by atoms with Crippen LogP contribution in [-0.2, 0) is 13.7 Å². The number of likely N-dealkylation sites (tertiary alicyclic amines) is 1. The average Bonchev–Trinajstić information content (AvgIpc) is 3.29. The summed E-state index contributed by atoms with van der Waals surface area (Å²) >= 11 is 0. The number of carbonyl (C=O) groups excluding carboxylic acids is 1. The van der Waals surface area contributed by atoms with Crippen LogP contribution in [-0.4, -0.2) is 38.7 Å². The number of hydrogen-bond acceptors (Lipinski definition) is 4. The van der Waals surface area contributed by atoms with Gasteiger partial charge in [0.2, 0.25) is 5.43 Å². The molecular formula is C22H24N4O3. The Labute approximate surface area is 168 Å². The standard InChI is InChI=1S/C22H24N4O3/c1-25-12-10-19(27)21(29-15-16-5-3-2-4-6-16)20(25)22(28)26-13-8-17(9-14-26)18-7-11-23-24-18/h2-7,10-12,17H,8-9,13-15H2,1H3,(H,23,24). The van der Waals surface area contributed by atoms with E-state index in [0.717, 1.165) is 24.1 Å². The molecule has 0 bridgehead atoms. The molecule has 1 N–H and O–H groups in total. The summed E-state index contributed by atoms with van der Waals surface area (Å²) in [5, 5.41) is 7.04. The normalized spacial score (nSPS) is 14.7. The second-order valence-electron chi connectivity index (χ2n) is 7.32. The molecule has 0 atom stereocenters. The number of ether oxygens (including phenoxy) is 1. The van der Waals surface area contributed by atoms with Gasteiger partial charge < -0.3 is 14.2 Å². The number of pyridine rings is 1. The monoisotopic (exact) mass is 392 g/mol. The SMILES string of the molecule is Cn1ccc(=O)c(OCc2ccccc2)c1C(=O)N1CCC(c2ccn[nH]2)CC1. The van der Waals surface area contributed by atoms with Gasteiger partial charge in [-0.1, -0.05) is 30.3 Å². The Kier molecular flexibility index (Phi) is 5.46. The van der Waals surface area contributed by atoms with E-state index < -0.39 is 0 Å². The van der Waals surface area contributed by atoms with E-state index in [9.17, 15) is 9.59 Å². The minimum atomic E-state index is -0.283. The van der Waals surface area contributed by atoms with Gasteiger partial charge >= 0.3 is 0 Å². The van der Waals surface area contributed by atoms with E-state index >= 15 is 0 Å². The molecule has 2 aromatic heterocycles. The van der Waals surface area contributed by atoms with Gasteiger partial charge in [-0.05, 0) is 24.5 Å². The lowest BCUT2D eigenvalue weighted by Gasteiger charge is -2.32. The molecule has 0 unspecified atom stereocenters. The van der Waals surface area contributed by atoms with Gasteiger partial charge in [0.05, 0.1) is 0 Å². The fourth-order valence-corrected chi connectivity index (χ4v) is 3.76. The van der Waals surface area contributed by atoms with Crippen LogP contribution in [0.4, 0.5) is 0 Å². The second kappa shape index (κ2) is 8.34. The van der Waals surface area contributed by atoms with Crippen molar-refractivity contribution in [3.63, 3.8) is 0 Å². The van der Waals surface area contributed by atoms with Gasteiger partial charge in [0, 0.05) is 50.2 Å². The molecule has 0 spiro atoms. The van der Waals surface area contributed by atoms with Crippen LogP contribution < -0.4 is 10.2 Å². The summed E-state index contributed by atoms with van der Waals surface area (Å²) in [6.45, 7) is 1.50. The zero-order valence-corrected chi connectivity index (χ0v) is 16.4. The summed E-state index contributed by atoms with van der Waals surface area (Å²) in [7, 11) is 1.76. The Morgan fingerprint density at radius 3 is 2.62 bits per heavy atom. The second-order valence-corrected chi connectivity index (χ2v) is 7.32. The van der Waals surface area contributed by atoms with Crippen LogP contribution >= 0.6 is 0 Å². The highest BCUT2D eigenvalue weighted by Gasteiger charge is 2.29. The number of carbonyl (C=O) groups is 1. The fourth-order valence-electron chi connectivity index (χ4n) is 3.76. The highest BCUT2D eigenvalue weighted by atomic mass is 16.5. The van der Waals surface area contributed by atoms with E-state index in [4.69, 9.17) is 4.74 Å². The molecule has 1 aromatic carbocycles. The third-order valence-electron chi connectivity index (χ3n) is 5.41. The van der Waals surface area contributed by atoms with Crippen molar-refractivity contribution in [1.29, 1.82) is 0 Å². The highest BCUT2D eigenvalue weighted by Crippen LogP contribution is 2.28. The van der Waals surface area contributed by atoms with Gasteiger partial charge in [0.25, 0.3) is 5.91 Å². The van der Waals surface area contributed by atoms with E-state index in [1.54, 1.807) is 28.9 Å². The smallest absolute Gasteiger partial charge is 0.274 e. The predicted octanol–water partition coefficient (Wildman–Crippen LogP) is 2.71. The summed E-state index contributed by atoms with van der Waals surface area (Å²) in [5.41, 5.74) is 2.07. The first-order valence-electron chi connectivity index (χ1n) is 9.78. The van der Waals surface area contributed by atoms with Crippen molar-refractivity contribution >= 4 is 5.91 Å². The van der Waals surface area contributed by atoms with Gasteiger partial charge in [0.15, 0.2) is 11.4 Å². The number of nitrogens with one attached hydrogen (secondary N) is 1. The molecule has 3 heterocycles. The zero-order valence-electron chi connectivity index (χ0n) is 16.4. The van der Waals surface area contributed by atoms with Crippen LogP contribution in [0.2, 0.25) is 0 Å². The number of rotatable bonds is 5. The maximum atomic E-state index is 13.3. The van der Waals surface area contributed by atoms with Gasteiger partial charge in [0.1, 0.15) is 6.61 Å². The molecule has 150 valence electrons. The molecule has 0 saturated carbocycles. The summed E-state index contributed by atoms with van der Waals surface area (Å²) in [4.78, 5) is 27.6. The maximum Gasteiger partial charge on any atom is 0.274 e. The van der Waals surface area contributed by atoms with Crippen molar-refractivity contribution in [2.75, 3.05) is 13.1 Å². The first-order chi connectivity index (χ1) is 14.1. The number of aromatic nitrogens is 3.